The van der Waals surface area contributed by atoms with Crippen LogP contribution in [0.15, 0.2) is 22.1 Å². The summed E-state index contributed by atoms with van der Waals surface area (Å²) >= 11 is 4.90. The normalized spacial score (nSPS) is 10.5. The van der Waals surface area contributed by atoms with Crippen LogP contribution in [0.3, 0.4) is 0 Å². The van der Waals surface area contributed by atoms with Crippen molar-refractivity contribution in [2.75, 3.05) is 5.43 Å². The first-order valence-corrected chi connectivity index (χ1v) is 5.87. The van der Waals surface area contributed by atoms with Gasteiger partial charge in [-0.25, -0.2) is 4.98 Å². The summed E-state index contributed by atoms with van der Waals surface area (Å²) in [6.07, 6.45) is 0. The van der Waals surface area contributed by atoms with Crippen LogP contribution >= 0.6 is 27.3 Å². The van der Waals surface area contributed by atoms with Crippen molar-refractivity contribution >= 4 is 32.4 Å². The van der Waals surface area contributed by atoms with Crippen LogP contribution in [0.1, 0.15) is 11.4 Å². The Bertz CT molecular complexity index is 427. The SMILES string of the molecule is Cc1ccc(C)n1Nc1nc(Br)cs1. The van der Waals surface area contributed by atoms with Gasteiger partial charge in [-0.3, -0.25) is 10.1 Å². The van der Waals surface area contributed by atoms with Gasteiger partial charge in [0.15, 0.2) is 0 Å². The van der Waals surface area contributed by atoms with Crippen LogP contribution < -0.4 is 5.43 Å². The fourth-order valence-corrected chi connectivity index (χ4v) is 2.38. The lowest BCUT2D eigenvalue weighted by atomic mass is 10.5. The second kappa shape index (κ2) is 3.74. The quantitative estimate of drug-likeness (QED) is 0.909. The molecule has 0 saturated carbocycles. The summed E-state index contributed by atoms with van der Waals surface area (Å²) in [4.78, 5) is 4.27. The largest absolute Gasteiger partial charge is 0.269 e. The first kappa shape index (κ1) is 9.73. The Labute approximate surface area is 94.9 Å². The molecular formula is C9H10BrN3S. The van der Waals surface area contributed by atoms with E-state index in [1.807, 2.05) is 10.1 Å². The molecule has 1 N–H and O–H groups in total. The number of nitrogens with zero attached hydrogens (tertiary/aromatic N) is 2. The molecule has 0 fully saturated rings. The summed E-state index contributed by atoms with van der Waals surface area (Å²) < 4.78 is 2.89. The maximum atomic E-state index is 4.27. The van der Waals surface area contributed by atoms with Crippen molar-refractivity contribution in [2.45, 2.75) is 13.8 Å². The van der Waals surface area contributed by atoms with Crippen LogP contribution in [0.5, 0.6) is 0 Å². The molecule has 2 heterocycles. The van der Waals surface area contributed by atoms with E-state index in [0.717, 1.165) is 9.73 Å². The number of nitrogens with one attached hydrogen (secondary N) is 1. The van der Waals surface area contributed by atoms with Crippen molar-refractivity contribution in [1.82, 2.24) is 9.66 Å². The average molecular weight is 272 g/mol. The average Bonchev–Trinajstić information content (AvgIpc) is 2.67. The molecule has 0 aliphatic heterocycles. The van der Waals surface area contributed by atoms with Crippen LogP contribution in [0, 0.1) is 13.8 Å². The number of thiazole rings is 1. The molecule has 0 aliphatic carbocycles. The van der Waals surface area contributed by atoms with E-state index in [1.54, 1.807) is 11.3 Å². The van der Waals surface area contributed by atoms with Crippen molar-refractivity contribution in [1.29, 1.82) is 0 Å². The second-order valence-corrected chi connectivity index (χ2v) is 4.71. The number of anilines is 1. The van der Waals surface area contributed by atoms with Crippen molar-refractivity contribution in [3.63, 3.8) is 0 Å². The minimum atomic E-state index is 0.868. The molecule has 0 amide bonds. The molecule has 3 nitrogen and oxygen atoms in total. The molecule has 0 atom stereocenters. The zero-order valence-corrected chi connectivity index (χ0v) is 10.3. The van der Waals surface area contributed by atoms with E-state index in [0.29, 0.717) is 0 Å². The highest BCUT2D eigenvalue weighted by Crippen LogP contribution is 2.20. The molecule has 14 heavy (non-hydrogen) atoms. The fourth-order valence-electron chi connectivity index (χ4n) is 1.25. The number of hydrogen-bond donors (Lipinski definition) is 1. The molecule has 0 unspecified atom stereocenters. The molecule has 74 valence electrons. The molecular weight excluding hydrogens is 262 g/mol. The standard InChI is InChI=1S/C9H10BrN3S/c1-6-3-4-7(2)13(6)12-9-11-8(10)5-14-9/h3-5H,1-2H3,(H,11,12). The maximum Gasteiger partial charge on any atom is 0.203 e. The Hall–Kier alpha value is -0.810. The van der Waals surface area contributed by atoms with E-state index >= 15 is 0 Å². The van der Waals surface area contributed by atoms with Crippen LogP contribution in [0.4, 0.5) is 5.13 Å². The number of aromatic nitrogens is 2. The van der Waals surface area contributed by atoms with Gasteiger partial charge in [0.05, 0.1) is 0 Å². The van der Waals surface area contributed by atoms with Gasteiger partial charge in [-0.15, -0.1) is 11.3 Å². The molecule has 2 rings (SSSR count). The van der Waals surface area contributed by atoms with E-state index in [2.05, 4.69) is 52.3 Å². The van der Waals surface area contributed by atoms with Gasteiger partial charge in [0.25, 0.3) is 0 Å². The second-order valence-electron chi connectivity index (χ2n) is 3.04. The Kier molecular flexibility index (Phi) is 2.60. The van der Waals surface area contributed by atoms with Gasteiger partial charge >= 0.3 is 0 Å². The van der Waals surface area contributed by atoms with Crippen molar-refractivity contribution in [3.8, 4) is 0 Å². The number of halogens is 1. The van der Waals surface area contributed by atoms with Crippen LogP contribution in [-0.4, -0.2) is 9.66 Å². The van der Waals surface area contributed by atoms with Crippen molar-refractivity contribution in [2.24, 2.45) is 0 Å². The van der Waals surface area contributed by atoms with E-state index in [4.69, 9.17) is 0 Å². The molecule has 2 aromatic rings. The van der Waals surface area contributed by atoms with Crippen molar-refractivity contribution < 1.29 is 0 Å². The fraction of sp³-hybridized carbons (Fsp3) is 0.222. The zero-order valence-electron chi connectivity index (χ0n) is 7.91. The lowest BCUT2D eigenvalue weighted by Gasteiger charge is -2.08. The summed E-state index contributed by atoms with van der Waals surface area (Å²) in [5.74, 6) is 0. The van der Waals surface area contributed by atoms with E-state index in [9.17, 15) is 0 Å². The minimum absolute atomic E-state index is 0.868. The summed E-state index contributed by atoms with van der Waals surface area (Å²) in [5.41, 5.74) is 5.59. The van der Waals surface area contributed by atoms with Gasteiger partial charge in [0, 0.05) is 16.8 Å². The molecule has 0 aromatic carbocycles. The molecule has 0 spiro atoms. The monoisotopic (exact) mass is 271 g/mol. The molecule has 0 bridgehead atoms. The molecule has 0 saturated heterocycles. The minimum Gasteiger partial charge on any atom is -0.269 e. The van der Waals surface area contributed by atoms with Gasteiger partial charge in [0.2, 0.25) is 5.13 Å². The van der Waals surface area contributed by atoms with Crippen molar-refractivity contribution in [3.05, 3.63) is 33.5 Å². The van der Waals surface area contributed by atoms with Crippen LogP contribution in [0.2, 0.25) is 0 Å². The lowest BCUT2D eigenvalue weighted by Crippen LogP contribution is -2.11. The number of hydrogen-bond acceptors (Lipinski definition) is 3. The smallest absolute Gasteiger partial charge is 0.203 e. The van der Waals surface area contributed by atoms with E-state index in [-0.39, 0.29) is 0 Å². The van der Waals surface area contributed by atoms with Crippen LogP contribution in [0.25, 0.3) is 0 Å². The van der Waals surface area contributed by atoms with Gasteiger partial charge in [0.1, 0.15) is 4.60 Å². The Morgan fingerprint density at radius 3 is 2.50 bits per heavy atom. The maximum absolute atomic E-state index is 4.27. The highest BCUT2D eigenvalue weighted by molar-refractivity contribution is 9.10. The summed E-state index contributed by atoms with van der Waals surface area (Å²) in [6, 6.07) is 4.15. The molecule has 0 aliphatic rings. The topological polar surface area (TPSA) is 29.9 Å². The predicted octanol–water partition coefficient (Wildman–Crippen LogP) is 3.20. The summed E-state index contributed by atoms with van der Waals surface area (Å²) in [5, 5.41) is 2.84. The third-order valence-electron chi connectivity index (χ3n) is 1.95. The number of rotatable bonds is 2. The van der Waals surface area contributed by atoms with Gasteiger partial charge < -0.3 is 0 Å². The van der Waals surface area contributed by atoms with Crippen LogP contribution in [-0.2, 0) is 0 Å². The first-order chi connectivity index (χ1) is 6.66. The molecule has 2 aromatic heterocycles. The lowest BCUT2D eigenvalue weighted by molar-refractivity contribution is 0.877. The Balaban J connectivity index is 2.26. The Morgan fingerprint density at radius 1 is 1.36 bits per heavy atom. The number of aryl methyl sites for hydroxylation is 2. The molecule has 5 heteroatoms. The summed E-state index contributed by atoms with van der Waals surface area (Å²) in [7, 11) is 0. The Morgan fingerprint density at radius 2 is 2.00 bits per heavy atom. The third kappa shape index (κ3) is 1.83. The van der Waals surface area contributed by atoms with Gasteiger partial charge in [-0.2, -0.15) is 0 Å². The highest BCUT2D eigenvalue weighted by Gasteiger charge is 2.03. The van der Waals surface area contributed by atoms with E-state index in [1.165, 1.54) is 11.4 Å². The van der Waals surface area contributed by atoms with E-state index < -0.39 is 0 Å². The zero-order chi connectivity index (χ0) is 10.1. The van der Waals surface area contributed by atoms with Gasteiger partial charge in [-0.1, -0.05) is 0 Å². The first-order valence-electron chi connectivity index (χ1n) is 4.20. The predicted molar refractivity (Wildman–Crippen MR) is 62.7 cm³/mol. The molecule has 0 radical (unpaired) electrons. The third-order valence-corrected chi connectivity index (χ3v) is 3.41. The van der Waals surface area contributed by atoms with Gasteiger partial charge in [-0.05, 0) is 41.9 Å². The highest BCUT2D eigenvalue weighted by atomic mass is 79.9. The summed E-state index contributed by atoms with van der Waals surface area (Å²) in [6.45, 7) is 4.12.